The summed E-state index contributed by atoms with van der Waals surface area (Å²) in [5, 5.41) is 2.25. The van der Waals surface area contributed by atoms with Crippen LogP contribution in [0, 0.1) is 6.92 Å². The van der Waals surface area contributed by atoms with Crippen LogP contribution in [0.3, 0.4) is 0 Å². The van der Waals surface area contributed by atoms with Crippen molar-refractivity contribution in [1.82, 2.24) is 5.32 Å². The van der Waals surface area contributed by atoms with Crippen LogP contribution < -0.4 is 15.1 Å². The Morgan fingerprint density at radius 2 is 1.80 bits per heavy atom. The van der Waals surface area contributed by atoms with Crippen molar-refractivity contribution in [3.63, 3.8) is 0 Å². The fourth-order valence-electron chi connectivity index (χ4n) is 3.50. The number of hydrogen-bond acceptors (Lipinski definition) is 5. The number of carbonyl (C=O) groups is 3. The highest BCUT2D eigenvalue weighted by atomic mass is 79.9. The highest BCUT2D eigenvalue weighted by Crippen LogP contribution is 2.26. The van der Waals surface area contributed by atoms with Gasteiger partial charge < -0.3 is 9.64 Å². The Hall–Kier alpha value is -2.97. The number of ether oxygens (including phenoxy) is 1. The number of rotatable bonds is 3. The monoisotopic (exact) mass is 469 g/mol. The number of nitrogens with one attached hydrogen (secondary N) is 1. The van der Waals surface area contributed by atoms with Crippen molar-refractivity contribution in [2.45, 2.75) is 6.92 Å². The second-order valence-electron chi connectivity index (χ2n) is 7.08. The first kappa shape index (κ1) is 20.3. The molecule has 2 aliphatic rings. The number of morpholine rings is 1. The molecular weight excluding hydrogens is 450 g/mol. The van der Waals surface area contributed by atoms with E-state index in [0.717, 1.165) is 39.3 Å². The van der Waals surface area contributed by atoms with E-state index in [0.29, 0.717) is 18.9 Å². The molecule has 0 aliphatic carbocycles. The molecule has 1 N–H and O–H groups in total. The van der Waals surface area contributed by atoms with E-state index in [9.17, 15) is 14.4 Å². The van der Waals surface area contributed by atoms with Gasteiger partial charge in [0.15, 0.2) is 0 Å². The Bertz CT molecular complexity index is 1060. The van der Waals surface area contributed by atoms with E-state index < -0.39 is 17.8 Å². The molecule has 0 bridgehead atoms. The van der Waals surface area contributed by atoms with Crippen molar-refractivity contribution in [1.29, 1.82) is 0 Å². The predicted molar refractivity (Wildman–Crippen MR) is 117 cm³/mol. The van der Waals surface area contributed by atoms with Crippen molar-refractivity contribution >= 4 is 51.2 Å². The highest BCUT2D eigenvalue weighted by molar-refractivity contribution is 9.10. The van der Waals surface area contributed by atoms with Gasteiger partial charge in [-0.3, -0.25) is 14.9 Å². The lowest BCUT2D eigenvalue weighted by Gasteiger charge is -2.29. The summed E-state index contributed by atoms with van der Waals surface area (Å²) in [7, 11) is 0. The van der Waals surface area contributed by atoms with Crippen LogP contribution in [0.1, 0.15) is 11.1 Å². The lowest BCUT2D eigenvalue weighted by molar-refractivity contribution is -0.122. The van der Waals surface area contributed by atoms with Gasteiger partial charge in [0, 0.05) is 23.2 Å². The van der Waals surface area contributed by atoms with E-state index >= 15 is 0 Å². The maximum Gasteiger partial charge on any atom is 0.335 e. The Balaban J connectivity index is 1.65. The zero-order valence-electron chi connectivity index (χ0n) is 16.4. The molecule has 2 aromatic carbocycles. The molecule has 0 saturated carbocycles. The van der Waals surface area contributed by atoms with E-state index in [1.807, 2.05) is 25.1 Å². The normalized spacial score (nSPS) is 18.7. The molecule has 30 heavy (non-hydrogen) atoms. The summed E-state index contributed by atoms with van der Waals surface area (Å²) in [6.45, 7) is 4.96. The molecule has 2 saturated heterocycles. The molecule has 2 aromatic rings. The average molecular weight is 470 g/mol. The lowest BCUT2D eigenvalue weighted by Crippen LogP contribution is -2.54. The van der Waals surface area contributed by atoms with E-state index in [4.69, 9.17) is 4.74 Å². The Morgan fingerprint density at radius 3 is 2.50 bits per heavy atom. The standard InChI is InChI=1S/C22H20BrN3O4/c1-14-11-17(25-7-9-30-10-8-25)6-5-15(14)12-19-20(27)24-22(29)26(21(19)28)18-4-2-3-16(23)13-18/h2-6,11-13H,7-10H2,1H3,(H,24,27,29)/b19-12-. The minimum Gasteiger partial charge on any atom is -0.378 e. The molecule has 0 unspecified atom stereocenters. The van der Waals surface area contributed by atoms with Crippen molar-refractivity contribution in [2.24, 2.45) is 0 Å². The van der Waals surface area contributed by atoms with Crippen LogP contribution in [0.25, 0.3) is 6.08 Å². The summed E-state index contributed by atoms with van der Waals surface area (Å²) in [4.78, 5) is 41.0. The van der Waals surface area contributed by atoms with Gasteiger partial charge >= 0.3 is 6.03 Å². The third kappa shape index (κ3) is 4.01. The number of imide groups is 2. The number of halogens is 1. The Labute approximate surface area is 182 Å². The number of urea groups is 1. The largest absolute Gasteiger partial charge is 0.378 e. The van der Waals surface area contributed by atoms with Crippen molar-refractivity contribution in [3.05, 3.63) is 63.6 Å². The molecule has 2 heterocycles. The second-order valence-corrected chi connectivity index (χ2v) is 7.99. The van der Waals surface area contributed by atoms with Gasteiger partial charge in [-0.15, -0.1) is 0 Å². The zero-order chi connectivity index (χ0) is 21.3. The molecular formula is C22H20BrN3O4. The molecule has 0 aromatic heterocycles. The maximum atomic E-state index is 13.0. The Morgan fingerprint density at radius 1 is 1.03 bits per heavy atom. The summed E-state index contributed by atoms with van der Waals surface area (Å²) in [5.74, 6) is -1.36. The third-order valence-electron chi connectivity index (χ3n) is 5.10. The quantitative estimate of drug-likeness (QED) is 0.551. The SMILES string of the molecule is Cc1cc(N2CCOCC2)ccc1/C=C1/C(=O)NC(=O)N(c2cccc(Br)c2)C1=O. The van der Waals surface area contributed by atoms with Crippen LogP contribution in [-0.2, 0) is 14.3 Å². The molecule has 0 atom stereocenters. The van der Waals surface area contributed by atoms with Crippen LogP contribution in [0.4, 0.5) is 16.2 Å². The minimum atomic E-state index is -0.764. The first-order chi connectivity index (χ1) is 14.4. The van der Waals surface area contributed by atoms with Crippen LogP contribution in [-0.4, -0.2) is 44.1 Å². The van der Waals surface area contributed by atoms with Crippen molar-refractivity contribution in [3.8, 4) is 0 Å². The van der Waals surface area contributed by atoms with Gasteiger partial charge in [0.25, 0.3) is 11.8 Å². The number of anilines is 2. The number of barbiturate groups is 1. The van der Waals surface area contributed by atoms with Gasteiger partial charge in [-0.25, -0.2) is 9.69 Å². The fourth-order valence-corrected chi connectivity index (χ4v) is 3.89. The van der Waals surface area contributed by atoms with Gasteiger partial charge in [-0.05, 0) is 54.5 Å². The molecule has 0 spiro atoms. The first-order valence-electron chi connectivity index (χ1n) is 9.54. The number of aryl methyl sites for hydroxylation is 1. The number of nitrogens with zero attached hydrogens (tertiary/aromatic N) is 2. The number of amides is 4. The molecule has 0 radical (unpaired) electrons. The van der Waals surface area contributed by atoms with Gasteiger partial charge in [0.2, 0.25) is 0 Å². The van der Waals surface area contributed by atoms with E-state index in [1.165, 1.54) is 6.08 Å². The number of benzene rings is 2. The molecule has 4 amide bonds. The van der Waals surface area contributed by atoms with E-state index in [1.54, 1.807) is 24.3 Å². The summed E-state index contributed by atoms with van der Waals surface area (Å²) >= 11 is 3.34. The summed E-state index contributed by atoms with van der Waals surface area (Å²) in [5.41, 5.74) is 3.04. The molecule has 154 valence electrons. The minimum absolute atomic E-state index is 0.0863. The van der Waals surface area contributed by atoms with E-state index in [2.05, 4.69) is 26.1 Å². The molecule has 4 rings (SSSR count). The lowest BCUT2D eigenvalue weighted by atomic mass is 10.0. The third-order valence-corrected chi connectivity index (χ3v) is 5.59. The number of carbonyl (C=O) groups excluding carboxylic acids is 3. The smallest absolute Gasteiger partial charge is 0.335 e. The van der Waals surface area contributed by atoms with Gasteiger partial charge in [0.05, 0.1) is 18.9 Å². The molecule has 8 heteroatoms. The fraction of sp³-hybridized carbons (Fsp3) is 0.227. The van der Waals surface area contributed by atoms with Crippen LogP contribution >= 0.6 is 15.9 Å². The van der Waals surface area contributed by atoms with Crippen LogP contribution in [0.15, 0.2) is 52.5 Å². The number of hydrogen-bond donors (Lipinski definition) is 1. The summed E-state index contributed by atoms with van der Waals surface area (Å²) < 4.78 is 6.11. The summed E-state index contributed by atoms with van der Waals surface area (Å²) in [6, 6.07) is 11.9. The Kier molecular flexibility index (Phi) is 5.69. The highest BCUT2D eigenvalue weighted by Gasteiger charge is 2.36. The van der Waals surface area contributed by atoms with Gasteiger partial charge in [-0.2, -0.15) is 0 Å². The average Bonchev–Trinajstić information content (AvgIpc) is 2.72. The molecule has 2 aliphatic heterocycles. The van der Waals surface area contributed by atoms with E-state index in [-0.39, 0.29) is 5.57 Å². The topological polar surface area (TPSA) is 79.0 Å². The second kappa shape index (κ2) is 8.41. The predicted octanol–water partition coefficient (Wildman–Crippen LogP) is 3.26. The maximum absolute atomic E-state index is 13.0. The first-order valence-corrected chi connectivity index (χ1v) is 10.3. The van der Waals surface area contributed by atoms with Crippen LogP contribution in [0.2, 0.25) is 0 Å². The van der Waals surface area contributed by atoms with Gasteiger partial charge in [0.1, 0.15) is 5.57 Å². The zero-order valence-corrected chi connectivity index (χ0v) is 17.9. The van der Waals surface area contributed by atoms with Crippen LogP contribution in [0.5, 0.6) is 0 Å². The summed E-state index contributed by atoms with van der Waals surface area (Å²) in [6.07, 6.45) is 1.54. The van der Waals surface area contributed by atoms with Crippen molar-refractivity contribution in [2.75, 3.05) is 36.1 Å². The molecule has 7 nitrogen and oxygen atoms in total. The van der Waals surface area contributed by atoms with Crippen molar-refractivity contribution < 1.29 is 19.1 Å². The molecule has 2 fully saturated rings. The van der Waals surface area contributed by atoms with Gasteiger partial charge in [-0.1, -0.05) is 28.1 Å².